The lowest BCUT2D eigenvalue weighted by atomic mass is 9.95. The Labute approximate surface area is 141 Å². The van der Waals surface area contributed by atoms with Gasteiger partial charge in [0.05, 0.1) is 12.1 Å². The number of anilines is 1. The third-order valence-corrected chi connectivity index (χ3v) is 4.39. The van der Waals surface area contributed by atoms with Crippen LogP contribution in [-0.2, 0) is 9.59 Å². The van der Waals surface area contributed by atoms with E-state index in [0.717, 1.165) is 0 Å². The molecule has 0 unspecified atom stereocenters. The zero-order chi connectivity index (χ0) is 17.0. The van der Waals surface area contributed by atoms with Gasteiger partial charge in [-0.2, -0.15) is 0 Å². The maximum atomic E-state index is 12.4. The van der Waals surface area contributed by atoms with Crippen molar-refractivity contribution in [1.82, 2.24) is 4.90 Å². The first-order chi connectivity index (χ1) is 10.9. The molecular formula is C17H23ClN2O3. The number of nitrogens with one attached hydrogen (secondary N) is 1. The smallest absolute Gasteiger partial charge is 0.227 e. The normalized spacial score (nSPS) is 15.6. The van der Waals surface area contributed by atoms with Crippen molar-refractivity contribution in [2.45, 2.75) is 26.7 Å². The fourth-order valence-electron chi connectivity index (χ4n) is 2.72. The van der Waals surface area contributed by atoms with Crippen LogP contribution in [0.25, 0.3) is 0 Å². The van der Waals surface area contributed by atoms with E-state index in [0.29, 0.717) is 42.4 Å². The highest BCUT2D eigenvalue weighted by Gasteiger charge is 2.28. The molecule has 2 amide bonds. The summed E-state index contributed by atoms with van der Waals surface area (Å²) < 4.78 is 5.09. The monoisotopic (exact) mass is 338 g/mol. The SMILES string of the molecule is COc1ccc(NC(=O)C2CCN(C(=O)C(C)C)CC2)cc1Cl. The van der Waals surface area contributed by atoms with E-state index in [2.05, 4.69) is 5.32 Å². The van der Waals surface area contributed by atoms with Crippen LogP contribution in [0.3, 0.4) is 0 Å². The summed E-state index contributed by atoms with van der Waals surface area (Å²) in [6.07, 6.45) is 1.38. The van der Waals surface area contributed by atoms with Gasteiger partial charge in [0.2, 0.25) is 11.8 Å². The van der Waals surface area contributed by atoms with Crippen LogP contribution in [-0.4, -0.2) is 36.9 Å². The van der Waals surface area contributed by atoms with Crippen molar-refractivity contribution in [3.8, 4) is 5.75 Å². The summed E-state index contributed by atoms with van der Waals surface area (Å²) in [5.74, 6) is 0.632. The van der Waals surface area contributed by atoms with Gasteiger partial charge in [0.1, 0.15) is 5.75 Å². The minimum absolute atomic E-state index is 0.00168. The molecule has 0 saturated carbocycles. The minimum atomic E-state index is -0.0768. The van der Waals surface area contributed by atoms with E-state index >= 15 is 0 Å². The van der Waals surface area contributed by atoms with Crippen molar-refractivity contribution in [2.24, 2.45) is 11.8 Å². The van der Waals surface area contributed by atoms with Gasteiger partial charge >= 0.3 is 0 Å². The molecule has 1 aromatic carbocycles. The highest BCUT2D eigenvalue weighted by Crippen LogP contribution is 2.28. The van der Waals surface area contributed by atoms with Gasteiger partial charge < -0.3 is 15.0 Å². The van der Waals surface area contributed by atoms with Crippen molar-refractivity contribution in [1.29, 1.82) is 0 Å². The molecule has 1 aromatic rings. The molecule has 1 saturated heterocycles. The molecule has 2 rings (SSSR count). The molecule has 0 aromatic heterocycles. The number of rotatable bonds is 4. The predicted molar refractivity (Wildman–Crippen MR) is 90.8 cm³/mol. The third kappa shape index (κ3) is 4.38. The molecule has 126 valence electrons. The van der Waals surface area contributed by atoms with E-state index in [1.165, 1.54) is 0 Å². The highest BCUT2D eigenvalue weighted by atomic mass is 35.5. The largest absolute Gasteiger partial charge is 0.495 e. The van der Waals surface area contributed by atoms with Crippen LogP contribution in [0.5, 0.6) is 5.75 Å². The number of methoxy groups -OCH3 is 1. The van der Waals surface area contributed by atoms with Crippen molar-refractivity contribution >= 4 is 29.1 Å². The molecule has 1 fully saturated rings. The number of amides is 2. The molecule has 0 aliphatic carbocycles. The van der Waals surface area contributed by atoms with Crippen LogP contribution < -0.4 is 10.1 Å². The predicted octanol–water partition coefficient (Wildman–Crippen LogP) is 3.18. The van der Waals surface area contributed by atoms with Crippen molar-refractivity contribution in [3.63, 3.8) is 0 Å². The molecule has 1 aliphatic rings. The fraction of sp³-hybridized carbons (Fsp3) is 0.529. The van der Waals surface area contributed by atoms with Crippen LogP contribution in [0.4, 0.5) is 5.69 Å². The number of benzene rings is 1. The van der Waals surface area contributed by atoms with E-state index in [1.54, 1.807) is 25.3 Å². The Hall–Kier alpha value is -1.75. The van der Waals surface area contributed by atoms with Gasteiger partial charge in [0.15, 0.2) is 0 Å². The molecule has 1 heterocycles. The molecule has 0 atom stereocenters. The Morgan fingerprint density at radius 3 is 2.48 bits per heavy atom. The van der Waals surface area contributed by atoms with E-state index in [9.17, 15) is 9.59 Å². The molecule has 5 nitrogen and oxygen atoms in total. The second-order valence-corrected chi connectivity index (χ2v) is 6.50. The first-order valence-corrected chi connectivity index (χ1v) is 8.23. The Balaban J connectivity index is 1.90. The number of nitrogens with zero attached hydrogens (tertiary/aromatic N) is 1. The zero-order valence-corrected chi connectivity index (χ0v) is 14.5. The molecule has 0 spiro atoms. The Morgan fingerprint density at radius 1 is 1.30 bits per heavy atom. The van der Waals surface area contributed by atoms with Crippen LogP contribution in [0.15, 0.2) is 18.2 Å². The Bertz CT molecular complexity index is 581. The maximum Gasteiger partial charge on any atom is 0.227 e. The molecule has 1 aliphatic heterocycles. The number of piperidine rings is 1. The van der Waals surface area contributed by atoms with Crippen molar-refractivity contribution in [2.75, 3.05) is 25.5 Å². The summed E-state index contributed by atoms with van der Waals surface area (Å²) >= 11 is 6.06. The van der Waals surface area contributed by atoms with Crippen LogP contribution in [0, 0.1) is 11.8 Å². The standard InChI is InChI=1S/C17H23ClN2O3/c1-11(2)17(22)20-8-6-12(7-9-20)16(21)19-13-4-5-15(23-3)14(18)10-13/h4-5,10-12H,6-9H2,1-3H3,(H,19,21). The van der Waals surface area contributed by atoms with Crippen LogP contribution in [0.1, 0.15) is 26.7 Å². The van der Waals surface area contributed by atoms with E-state index < -0.39 is 0 Å². The second-order valence-electron chi connectivity index (χ2n) is 6.09. The summed E-state index contributed by atoms with van der Waals surface area (Å²) in [6.45, 7) is 5.07. The number of carbonyl (C=O) groups is 2. The Kier molecular flexibility index (Phi) is 5.88. The lowest BCUT2D eigenvalue weighted by Crippen LogP contribution is -2.43. The Morgan fingerprint density at radius 2 is 1.96 bits per heavy atom. The summed E-state index contributed by atoms with van der Waals surface area (Å²) in [5.41, 5.74) is 0.654. The van der Waals surface area contributed by atoms with Crippen molar-refractivity contribution < 1.29 is 14.3 Å². The highest BCUT2D eigenvalue weighted by molar-refractivity contribution is 6.32. The van der Waals surface area contributed by atoms with Crippen LogP contribution in [0.2, 0.25) is 5.02 Å². The van der Waals surface area contributed by atoms with Gasteiger partial charge in [-0.1, -0.05) is 25.4 Å². The van der Waals surface area contributed by atoms with Crippen LogP contribution >= 0.6 is 11.6 Å². The summed E-state index contributed by atoms with van der Waals surface area (Å²) in [4.78, 5) is 26.2. The number of ether oxygens (including phenoxy) is 1. The van der Waals surface area contributed by atoms with Gasteiger partial charge in [0, 0.05) is 30.6 Å². The summed E-state index contributed by atoms with van der Waals surface area (Å²) in [5, 5.41) is 3.35. The third-order valence-electron chi connectivity index (χ3n) is 4.09. The number of carbonyl (C=O) groups excluding carboxylic acids is 2. The van der Waals surface area contributed by atoms with Gasteiger partial charge in [0.25, 0.3) is 0 Å². The molecule has 23 heavy (non-hydrogen) atoms. The minimum Gasteiger partial charge on any atom is -0.495 e. The summed E-state index contributed by atoms with van der Waals surface area (Å²) in [6, 6.07) is 5.16. The number of hydrogen-bond donors (Lipinski definition) is 1. The first kappa shape index (κ1) is 17.6. The molecule has 0 bridgehead atoms. The van der Waals surface area contributed by atoms with Gasteiger partial charge in [-0.3, -0.25) is 9.59 Å². The molecule has 1 N–H and O–H groups in total. The van der Waals surface area contributed by atoms with Crippen molar-refractivity contribution in [3.05, 3.63) is 23.2 Å². The average molecular weight is 339 g/mol. The van der Waals surface area contributed by atoms with E-state index in [4.69, 9.17) is 16.3 Å². The fourth-order valence-corrected chi connectivity index (χ4v) is 2.97. The lowest BCUT2D eigenvalue weighted by molar-refractivity contribution is -0.137. The molecule has 0 radical (unpaired) electrons. The average Bonchev–Trinajstić information content (AvgIpc) is 2.54. The number of hydrogen-bond acceptors (Lipinski definition) is 3. The molecular weight excluding hydrogens is 316 g/mol. The van der Waals surface area contributed by atoms with Gasteiger partial charge in [-0.25, -0.2) is 0 Å². The number of halogens is 1. The zero-order valence-electron chi connectivity index (χ0n) is 13.8. The van der Waals surface area contributed by atoms with Gasteiger partial charge in [-0.05, 0) is 31.0 Å². The summed E-state index contributed by atoms with van der Waals surface area (Å²) in [7, 11) is 1.55. The van der Waals surface area contributed by atoms with E-state index in [1.807, 2.05) is 18.7 Å². The maximum absolute atomic E-state index is 12.4. The quantitative estimate of drug-likeness (QED) is 0.917. The topological polar surface area (TPSA) is 58.6 Å². The second kappa shape index (κ2) is 7.68. The lowest BCUT2D eigenvalue weighted by Gasteiger charge is -2.32. The van der Waals surface area contributed by atoms with Gasteiger partial charge in [-0.15, -0.1) is 0 Å². The number of likely N-dealkylation sites (tertiary alicyclic amines) is 1. The molecule has 6 heteroatoms. The van der Waals surface area contributed by atoms with E-state index in [-0.39, 0.29) is 23.7 Å². The first-order valence-electron chi connectivity index (χ1n) is 7.85.